The lowest BCUT2D eigenvalue weighted by Crippen LogP contribution is -2.10. The van der Waals surface area contributed by atoms with Gasteiger partial charge in [0.1, 0.15) is 41.2 Å². The van der Waals surface area contributed by atoms with E-state index in [2.05, 4.69) is 19.9 Å². The van der Waals surface area contributed by atoms with E-state index in [1.54, 1.807) is 41.3 Å². The van der Waals surface area contributed by atoms with Gasteiger partial charge in [-0.3, -0.25) is 4.98 Å². The van der Waals surface area contributed by atoms with Crippen LogP contribution in [0.3, 0.4) is 0 Å². The number of halogens is 1. The monoisotopic (exact) mass is 466 g/mol. The number of methoxy groups -OCH3 is 1. The van der Waals surface area contributed by atoms with E-state index in [9.17, 15) is 9.65 Å². The van der Waals surface area contributed by atoms with Crippen LogP contribution in [0.5, 0.6) is 5.75 Å². The van der Waals surface area contributed by atoms with Gasteiger partial charge in [-0.25, -0.2) is 24.0 Å². The molecular weight excluding hydrogens is 447 g/mol. The van der Waals surface area contributed by atoms with Gasteiger partial charge in [0.2, 0.25) is 0 Å². The molecule has 35 heavy (non-hydrogen) atoms. The van der Waals surface area contributed by atoms with Crippen molar-refractivity contribution < 1.29 is 9.13 Å². The smallest absolute Gasteiger partial charge is 0.164 e. The number of pyridine rings is 2. The third-order valence-electron chi connectivity index (χ3n) is 5.70. The Morgan fingerprint density at radius 3 is 2.74 bits per heavy atom. The van der Waals surface area contributed by atoms with Gasteiger partial charge in [0, 0.05) is 35.7 Å². The number of ether oxygens (including phenoxy) is 1. The van der Waals surface area contributed by atoms with Crippen molar-refractivity contribution in [1.82, 2.24) is 29.7 Å². The zero-order valence-corrected chi connectivity index (χ0v) is 18.8. The fraction of sp³-hybridized carbons (Fsp3) is 0.120. The lowest BCUT2D eigenvalue weighted by molar-refractivity contribution is 0.414. The predicted octanol–water partition coefficient (Wildman–Crippen LogP) is 4.16. The molecule has 0 saturated carbocycles. The lowest BCUT2D eigenvalue weighted by atomic mass is 10.0. The molecule has 2 N–H and O–H groups in total. The van der Waals surface area contributed by atoms with E-state index in [1.165, 1.54) is 25.6 Å². The topological polar surface area (TPSA) is 128 Å². The Bertz CT molecular complexity index is 1610. The molecule has 5 rings (SSSR count). The Morgan fingerprint density at radius 1 is 1.14 bits per heavy atom. The van der Waals surface area contributed by atoms with Gasteiger partial charge in [0.15, 0.2) is 5.65 Å². The molecule has 0 aliphatic carbocycles. The Hall–Kier alpha value is -4.91. The number of nitrogens with zero attached hydrogens (tertiary/aromatic N) is 7. The highest BCUT2D eigenvalue weighted by Crippen LogP contribution is 2.34. The molecule has 1 unspecified atom stereocenters. The van der Waals surface area contributed by atoms with Gasteiger partial charge in [-0.2, -0.15) is 10.4 Å². The van der Waals surface area contributed by atoms with Crippen molar-refractivity contribution in [2.24, 2.45) is 0 Å². The zero-order valence-electron chi connectivity index (χ0n) is 18.8. The number of hydrogen-bond acceptors (Lipinski definition) is 8. The van der Waals surface area contributed by atoms with E-state index < -0.39 is 0 Å². The molecular formula is C25H19FN8O. The minimum atomic E-state index is -0.346. The highest BCUT2D eigenvalue weighted by molar-refractivity contribution is 5.97. The van der Waals surface area contributed by atoms with Crippen molar-refractivity contribution >= 4 is 16.9 Å². The second-order valence-electron chi connectivity index (χ2n) is 7.80. The Morgan fingerprint density at radius 2 is 1.97 bits per heavy atom. The van der Waals surface area contributed by atoms with E-state index >= 15 is 0 Å². The van der Waals surface area contributed by atoms with Gasteiger partial charge in [0.25, 0.3) is 0 Å². The average Bonchev–Trinajstić information content (AvgIpc) is 3.29. The van der Waals surface area contributed by atoms with Crippen molar-refractivity contribution in [2.75, 3.05) is 12.8 Å². The molecule has 1 aromatic carbocycles. The molecule has 1 atom stereocenters. The van der Waals surface area contributed by atoms with E-state index in [1.807, 2.05) is 19.1 Å². The molecule has 5 aromatic rings. The minimum absolute atomic E-state index is 0.173. The van der Waals surface area contributed by atoms with E-state index in [0.717, 1.165) is 5.56 Å². The standard InChI is InChI=1S/C25H19FN8O/c1-14(15-7-16(12-29-11-15)19-5-3-4-6-20(19)26)34-25-22(24(28)30-13-31-25)23(33-34)21-9-18(35-2)8-17(10-27)32-21/h3-9,11-14H,1-2H3,(H2,28,30,31). The van der Waals surface area contributed by atoms with Crippen LogP contribution < -0.4 is 10.5 Å². The maximum atomic E-state index is 14.4. The van der Waals surface area contributed by atoms with Crippen LogP contribution in [0.4, 0.5) is 10.2 Å². The Labute approximate surface area is 199 Å². The number of nitriles is 1. The molecule has 10 heteroatoms. The average molecular weight is 466 g/mol. The molecule has 4 heterocycles. The summed E-state index contributed by atoms with van der Waals surface area (Å²) in [5.41, 5.74) is 9.58. The van der Waals surface area contributed by atoms with Gasteiger partial charge in [-0.15, -0.1) is 0 Å². The quantitative estimate of drug-likeness (QED) is 0.409. The number of hydrogen-bond donors (Lipinski definition) is 1. The number of nitrogen functional groups attached to an aromatic ring is 1. The molecule has 0 amide bonds. The van der Waals surface area contributed by atoms with Crippen LogP contribution in [-0.4, -0.2) is 36.8 Å². The summed E-state index contributed by atoms with van der Waals surface area (Å²) in [5.74, 6) is 0.355. The van der Waals surface area contributed by atoms with Crippen molar-refractivity contribution in [1.29, 1.82) is 5.26 Å². The molecule has 0 saturated heterocycles. The summed E-state index contributed by atoms with van der Waals surface area (Å²) in [6.45, 7) is 1.93. The molecule has 172 valence electrons. The summed E-state index contributed by atoms with van der Waals surface area (Å²) in [7, 11) is 1.51. The molecule has 4 aromatic heterocycles. The Kier molecular flexibility index (Phi) is 5.51. The maximum Gasteiger partial charge on any atom is 0.164 e. The molecule has 0 aliphatic rings. The number of aromatic nitrogens is 6. The minimum Gasteiger partial charge on any atom is -0.497 e. The van der Waals surface area contributed by atoms with Crippen LogP contribution in [0.15, 0.2) is 61.2 Å². The molecule has 0 bridgehead atoms. The second-order valence-corrected chi connectivity index (χ2v) is 7.80. The summed E-state index contributed by atoms with van der Waals surface area (Å²) in [5, 5.41) is 14.7. The van der Waals surface area contributed by atoms with Crippen LogP contribution in [0, 0.1) is 17.1 Å². The van der Waals surface area contributed by atoms with Crippen molar-refractivity contribution in [3.05, 3.63) is 78.3 Å². The van der Waals surface area contributed by atoms with Gasteiger partial charge in [-0.05, 0) is 24.6 Å². The third kappa shape index (κ3) is 3.89. The number of rotatable bonds is 5. The number of nitrogens with two attached hydrogens (primary N) is 1. The first kappa shape index (κ1) is 21.9. The molecule has 9 nitrogen and oxygen atoms in total. The third-order valence-corrected chi connectivity index (χ3v) is 5.70. The summed E-state index contributed by atoms with van der Waals surface area (Å²) < 4.78 is 21.4. The zero-order chi connectivity index (χ0) is 24.5. The van der Waals surface area contributed by atoms with Crippen molar-refractivity contribution in [3.8, 4) is 34.3 Å². The number of fused-ring (bicyclic) bond motifs is 1. The Balaban J connectivity index is 1.67. The number of benzene rings is 1. The fourth-order valence-corrected chi connectivity index (χ4v) is 3.92. The summed E-state index contributed by atoms with van der Waals surface area (Å²) in [6, 6.07) is 13.3. The lowest BCUT2D eigenvalue weighted by Gasteiger charge is -2.14. The fourth-order valence-electron chi connectivity index (χ4n) is 3.92. The van der Waals surface area contributed by atoms with Crippen LogP contribution in [-0.2, 0) is 0 Å². The largest absolute Gasteiger partial charge is 0.497 e. The van der Waals surface area contributed by atoms with Crippen molar-refractivity contribution in [3.63, 3.8) is 0 Å². The maximum absolute atomic E-state index is 14.4. The van der Waals surface area contributed by atoms with Crippen LogP contribution >= 0.6 is 0 Å². The van der Waals surface area contributed by atoms with Crippen LogP contribution in [0.25, 0.3) is 33.5 Å². The van der Waals surface area contributed by atoms with Gasteiger partial charge in [0.05, 0.1) is 24.2 Å². The summed E-state index contributed by atoms with van der Waals surface area (Å²) in [4.78, 5) is 17.3. The van der Waals surface area contributed by atoms with E-state index in [4.69, 9.17) is 15.6 Å². The molecule has 0 fully saturated rings. The second kappa shape index (κ2) is 8.79. The summed E-state index contributed by atoms with van der Waals surface area (Å²) in [6.07, 6.45) is 4.68. The van der Waals surface area contributed by atoms with E-state index in [-0.39, 0.29) is 23.4 Å². The van der Waals surface area contributed by atoms with Crippen molar-refractivity contribution in [2.45, 2.75) is 13.0 Å². The van der Waals surface area contributed by atoms with Crippen LogP contribution in [0.2, 0.25) is 0 Å². The highest BCUT2D eigenvalue weighted by atomic mass is 19.1. The molecule has 0 spiro atoms. The van der Waals surface area contributed by atoms with Crippen LogP contribution in [0.1, 0.15) is 24.2 Å². The SMILES string of the molecule is COc1cc(C#N)nc(-c2nn(C(C)c3cncc(-c4ccccc4F)c3)c3ncnc(N)c23)c1. The first-order valence-electron chi connectivity index (χ1n) is 10.6. The van der Waals surface area contributed by atoms with Gasteiger partial charge < -0.3 is 10.5 Å². The first-order valence-corrected chi connectivity index (χ1v) is 10.6. The van der Waals surface area contributed by atoms with Gasteiger partial charge >= 0.3 is 0 Å². The normalized spacial score (nSPS) is 11.8. The highest BCUT2D eigenvalue weighted by Gasteiger charge is 2.23. The van der Waals surface area contributed by atoms with Gasteiger partial charge in [-0.1, -0.05) is 18.2 Å². The van der Waals surface area contributed by atoms with E-state index in [0.29, 0.717) is 39.3 Å². The molecule has 0 aliphatic heterocycles. The summed E-state index contributed by atoms with van der Waals surface area (Å²) >= 11 is 0. The first-order chi connectivity index (χ1) is 17.0. The number of anilines is 1. The molecule has 0 radical (unpaired) electrons. The predicted molar refractivity (Wildman–Crippen MR) is 128 cm³/mol.